The molecule has 2 rings (SSSR count). The number of nitrogens with one attached hydrogen (secondary N) is 2. The van der Waals surface area contributed by atoms with Gasteiger partial charge in [-0.25, -0.2) is 4.79 Å². The lowest BCUT2D eigenvalue weighted by atomic mass is 10.0. The summed E-state index contributed by atoms with van der Waals surface area (Å²) < 4.78 is 5.22. The molecule has 0 aliphatic carbocycles. The number of amides is 2. The molecule has 2 aromatic rings. The molecule has 30 heavy (non-hydrogen) atoms. The topological polar surface area (TPSA) is 105 Å². The Morgan fingerprint density at radius 2 is 1.67 bits per heavy atom. The van der Waals surface area contributed by atoms with Crippen LogP contribution in [0, 0.1) is 5.92 Å². The Bertz CT molecular complexity index is 821. The van der Waals surface area contributed by atoms with Gasteiger partial charge in [-0.15, -0.1) is 0 Å². The van der Waals surface area contributed by atoms with Gasteiger partial charge in [0.25, 0.3) is 0 Å². The Balaban J connectivity index is 2.05. The number of hydrogen-bond donors (Lipinski definition) is 3. The summed E-state index contributed by atoms with van der Waals surface area (Å²) in [5.41, 5.74) is 1.56. The first kappa shape index (κ1) is 22.9. The third-order valence-electron chi connectivity index (χ3n) is 4.41. The minimum absolute atomic E-state index is 0.0739. The van der Waals surface area contributed by atoms with Crippen molar-refractivity contribution in [3.63, 3.8) is 0 Å². The fraction of sp³-hybridized carbons (Fsp3) is 0.348. The van der Waals surface area contributed by atoms with E-state index in [0.29, 0.717) is 12.7 Å². The number of aromatic hydroxyl groups is 1. The molecule has 2 amide bonds. The van der Waals surface area contributed by atoms with Gasteiger partial charge >= 0.3 is 6.09 Å². The maximum atomic E-state index is 12.8. The van der Waals surface area contributed by atoms with Crippen LogP contribution in [0.3, 0.4) is 0 Å². The number of carbonyl (C=O) groups is 3. The summed E-state index contributed by atoms with van der Waals surface area (Å²) in [6.07, 6.45) is 0.646. The van der Waals surface area contributed by atoms with Crippen LogP contribution in [0.5, 0.6) is 5.75 Å². The Morgan fingerprint density at radius 3 is 2.27 bits per heavy atom. The van der Waals surface area contributed by atoms with Gasteiger partial charge in [0, 0.05) is 6.42 Å². The summed E-state index contributed by atoms with van der Waals surface area (Å²) in [7, 11) is 0. The van der Waals surface area contributed by atoms with E-state index in [0.717, 1.165) is 11.1 Å². The maximum absolute atomic E-state index is 12.8. The second-order valence-corrected chi connectivity index (χ2v) is 7.51. The number of phenols is 1. The van der Waals surface area contributed by atoms with Crippen LogP contribution in [0.25, 0.3) is 0 Å². The minimum atomic E-state index is -0.938. The molecular formula is C23H28N2O5. The highest BCUT2D eigenvalue weighted by atomic mass is 16.5. The lowest BCUT2D eigenvalue weighted by Crippen LogP contribution is -2.51. The van der Waals surface area contributed by atoms with Crippen molar-refractivity contribution < 1.29 is 24.2 Å². The number of alkyl carbamates (subject to hydrolysis) is 1. The van der Waals surface area contributed by atoms with Crippen molar-refractivity contribution >= 4 is 18.3 Å². The molecule has 2 aromatic carbocycles. The number of hydrogen-bond acceptors (Lipinski definition) is 5. The van der Waals surface area contributed by atoms with Gasteiger partial charge in [0.1, 0.15) is 24.7 Å². The summed E-state index contributed by atoms with van der Waals surface area (Å²) in [5, 5.41) is 14.7. The van der Waals surface area contributed by atoms with E-state index < -0.39 is 24.1 Å². The van der Waals surface area contributed by atoms with Crippen LogP contribution < -0.4 is 10.6 Å². The zero-order chi connectivity index (χ0) is 21.9. The summed E-state index contributed by atoms with van der Waals surface area (Å²) in [6, 6.07) is 14.0. The smallest absolute Gasteiger partial charge is 0.408 e. The Labute approximate surface area is 176 Å². The van der Waals surface area contributed by atoms with E-state index in [2.05, 4.69) is 10.6 Å². The predicted molar refractivity (Wildman–Crippen MR) is 113 cm³/mol. The zero-order valence-corrected chi connectivity index (χ0v) is 17.2. The van der Waals surface area contributed by atoms with E-state index in [4.69, 9.17) is 4.74 Å². The van der Waals surface area contributed by atoms with Gasteiger partial charge in [-0.05, 0) is 35.6 Å². The van der Waals surface area contributed by atoms with Crippen LogP contribution >= 0.6 is 0 Å². The molecule has 0 unspecified atom stereocenters. The highest BCUT2D eigenvalue weighted by Gasteiger charge is 2.24. The second kappa shape index (κ2) is 11.6. The number of carbonyl (C=O) groups excluding carboxylic acids is 3. The van der Waals surface area contributed by atoms with Crippen molar-refractivity contribution in [3.05, 3.63) is 65.7 Å². The number of aldehydes is 1. The first-order valence-corrected chi connectivity index (χ1v) is 9.88. The minimum Gasteiger partial charge on any atom is -0.508 e. The van der Waals surface area contributed by atoms with Gasteiger partial charge in [0.15, 0.2) is 0 Å². The summed E-state index contributed by atoms with van der Waals surface area (Å²) >= 11 is 0. The Hall–Kier alpha value is -3.35. The van der Waals surface area contributed by atoms with Crippen molar-refractivity contribution in [1.82, 2.24) is 10.6 Å². The molecule has 0 aromatic heterocycles. The molecule has 160 valence electrons. The van der Waals surface area contributed by atoms with Crippen LogP contribution in [0.1, 0.15) is 31.4 Å². The van der Waals surface area contributed by atoms with E-state index in [1.54, 1.807) is 12.1 Å². The molecule has 0 aliphatic rings. The number of rotatable bonds is 10. The predicted octanol–water partition coefficient (Wildman–Crippen LogP) is 2.96. The molecule has 2 atom stereocenters. The van der Waals surface area contributed by atoms with Crippen molar-refractivity contribution in [2.24, 2.45) is 5.92 Å². The molecular weight excluding hydrogens is 384 g/mol. The van der Waals surface area contributed by atoms with E-state index in [-0.39, 0.29) is 24.7 Å². The van der Waals surface area contributed by atoms with Crippen molar-refractivity contribution in [1.29, 1.82) is 0 Å². The van der Waals surface area contributed by atoms with E-state index in [1.165, 1.54) is 12.1 Å². The molecule has 7 nitrogen and oxygen atoms in total. The lowest BCUT2D eigenvalue weighted by molar-refractivity contribution is -0.125. The normalized spacial score (nSPS) is 12.6. The Morgan fingerprint density at radius 1 is 1.00 bits per heavy atom. The second-order valence-electron chi connectivity index (χ2n) is 7.51. The van der Waals surface area contributed by atoms with Crippen molar-refractivity contribution in [2.75, 3.05) is 0 Å². The largest absolute Gasteiger partial charge is 0.508 e. The molecule has 0 bridgehead atoms. The lowest BCUT2D eigenvalue weighted by Gasteiger charge is -2.21. The fourth-order valence-electron chi connectivity index (χ4n) is 2.92. The standard InChI is InChI=1S/C23H28N2O5/c1-16(2)12-19(14-26)24-22(28)21(13-17-8-10-20(27)11-9-17)25-23(29)30-15-18-6-4-3-5-7-18/h3-11,14,16,19,21,27H,12-13,15H2,1-2H3,(H,24,28)(H,25,29)/t19-,21-/m0/s1. The van der Waals surface area contributed by atoms with Gasteiger partial charge in [-0.2, -0.15) is 0 Å². The SMILES string of the molecule is CC(C)C[C@@H](C=O)NC(=O)[C@H](Cc1ccc(O)cc1)NC(=O)OCc1ccccc1. The van der Waals surface area contributed by atoms with Gasteiger partial charge in [0.05, 0.1) is 6.04 Å². The van der Waals surface area contributed by atoms with Crippen LogP contribution in [0.4, 0.5) is 4.79 Å². The van der Waals surface area contributed by atoms with Crippen molar-refractivity contribution in [2.45, 2.75) is 45.4 Å². The quantitative estimate of drug-likeness (QED) is 0.521. The average molecular weight is 412 g/mol. The molecule has 0 radical (unpaired) electrons. The average Bonchev–Trinajstić information content (AvgIpc) is 2.73. The molecule has 7 heteroatoms. The van der Waals surface area contributed by atoms with Gasteiger partial charge < -0.3 is 25.3 Å². The van der Waals surface area contributed by atoms with Crippen LogP contribution in [0.2, 0.25) is 0 Å². The van der Waals surface area contributed by atoms with Crippen LogP contribution in [-0.4, -0.2) is 35.5 Å². The highest BCUT2D eigenvalue weighted by Crippen LogP contribution is 2.12. The molecule has 0 saturated heterocycles. The van der Waals surface area contributed by atoms with E-state index in [9.17, 15) is 19.5 Å². The van der Waals surface area contributed by atoms with Gasteiger partial charge in [0.2, 0.25) is 5.91 Å². The number of benzene rings is 2. The first-order chi connectivity index (χ1) is 14.4. The summed E-state index contributed by atoms with van der Waals surface area (Å²) in [5.74, 6) is -0.148. The molecule has 0 heterocycles. The highest BCUT2D eigenvalue weighted by molar-refractivity contribution is 5.87. The number of phenolic OH excluding ortho intramolecular Hbond substituents is 1. The first-order valence-electron chi connectivity index (χ1n) is 9.88. The molecule has 0 fully saturated rings. The maximum Gasteiger partial charge on any atom is 0.408 e. The van der Waals surface area contributed by atoms with E-state index in [1.807, 2.05) is 44.2 Å². The third-order valence-corrected chi connectivity index (χ3v) is 4.41. The van der Waals surface area contributed by atoms with Crippen molar-refractivity contribution in [3.8, 4) is 5.75 Å². The summed E-state index contributed by atoms with van der Waals surface area (Å²) in [6.45, 7) is 3.98. The van der Waals surface area contributed by atoms with E-state index >= 15 is 0 Å². The molecule has 0 aliphatic heterocycles. The fourth-order valence-corrected chi connectivity index (χ4v) is 2.92. The Kier molecular flexibility index (Phi) is 8.87. The number of ether oxygens (including phenoxy) is 1. The summed E-state index contributed by atoms with van der Waals surface area (Å²) in [4.78, 5) is 36.4. The van der Waals surface area contributed by atoms with Gasteiger partial charge in [-0.1, -0.05) is 56.3 Å². The van der Waals surface area contributed by atoms with Crippen LogP contribution in [0.15, 0.2) is 54.6 Å². The zero-order valence-electron chi connectivity index (χ0n) is 17.2. The molecule has 3 N–H and O–H groups in total. The monoisotopic (exact) mass is 412 g/mol. The molecule has 0 saturated carbocycles. The van der Waals surface area contributed by atoms with Crippen LogP contribution in [-0.2, 0) is 27.4 Å². The van der Waals surface area contributed by atoms with Gasteiger partial charge in [-0.3, -0.25) is 4.79 Å². The molecule has 0 spiro atoms. The third kappa shape index (κ3) is 7.95.